The molecule has 2 aromatic rings. The van der Waals surface area contributed by atoms with E-state index in [4.69, 9.17) is 4.74 Å². The fraction of sp³-hybridized carbons (Fsp3) is 0.400. The number of hydrogen-bond acceptors (Lipinski definition) is 5. The molecule has 0 radical (unpaired) electrons. The number of hydrogen-bond donors (Lipinski definition) is 1. The molecule has 0 bridgehead atoms. The number of H-pyrrole nitrogens is 1. The third-order valence-corrected chi connectivity index (χ3v) is 6.64. The molecule has 1 fully saturated rings. The number of sulfonamides is 1. The van der Waals surface area contributed by atoms with E-state index >= 15 is 0 Å². The lowest BCUT2D eigenvalue weighted by Crippen LogP contribution is -2.42. The quantitative estimate of drug-likeness (QED) is 0.590. The van der Waals surface area contributed by atoms with Crippen LogP contribution in [0.3, 0.4) is 0 Å². The van der Waals surface area contributed by atoms with Crippen LogP contribution in [0.1, 0.15) is 41.1 Å². The normalized spacial score (nSPS) is 20.6. The van der Waals surface area contributed by atoms with Crippen molar-refractivity contribution in [1.82, 2.24) is 9.29 Å². The highest BCUT2D eigenvalue weighted by Crippen LogP contribution is 2.26. The molecular weight excluding hydrogens is 380 g/mol. The van der Waals surface area contributed by atoms with Gasteiger partial charge in [-0.15, -0.1) is 0 Å². The Kier molecular flexibility index (Phi) is 6.00. The summed E-state index contributed by atoms with van der Waals surface area (Å²) >= 11 is 0. The third kappa shape index (κ3) is 4.51. The average Bonchev–Trinajstić information content (AvgIpc) is 3.20. The van der Waals surface area contributed by atoms with Gasteiger partial charge < -0.3 is 9.72 Å². The molecule has 1 aromatic carbocycles. The number of piperidine rings is 1. The maximum atomic E-state index is 12.9. The van der Waals surface area contributed by atoms with Crippen molar-refractivity contribution in [3.8, 4) is 0 Å². The minimum Gasteiger partial charge on any atom is -0.454 e. The molecule has 0 saturated carbocycles. The summed E-state index contributed by atoms with van der Waals surface area (Å²) in [5.41, 5.74) is 0.554. The molecule has 0 unspecified atom stereocenters. The fourth-order valence-corrected chi connectivity index (χ4v) is 5.19. The Balaban J connectivity index is 1.65. The summed E-state index contributed by atoms with van der Waals surface area (Å²) in [6.07, 6.45) is 2.62. The van der Waals surface area contributed by atoms with E-state index in [1.807, 2.05) is 13.8 Å². The molecule has 2 heterocycles. The van der Waals surface area contributed by atoms with Crippen molar-refractivity contribution in [2.24, 2.45) is 11.8 Å². The highest BCUT2D eigenvalue weighted by molar-refractivity contribution is 7.89. The van der Waals surface area contributed by atoms with Gasteiger partial charge in [-0.3, -0.25) is 4.79 Å². The molecule has 7 nitrogen and oxygen atoms in total. The Morgan fingerprint density at radius 3 is 2.32 bits per heavy atom. The monoisotopic (exact) mass is 404 g/mol. The first-order valence-electron chi connectivity index (χ1n) is 9.21. The highest BCUT2D eigenvalue weighted by Gasteiger charge is 2.31. The first-order valence-corrected chi connectivity index (χ1v) is 10.7. The van der Waals surface area contributed by atoms with E-state index in [2.05, 4.69) is 4.98 Å². The lowest BCUT2D eigenvalue weighted by atomic mass is 9.94. The van der Waals surface area contributed by atoms with Crippen LogP contribution in [0.5, 0.6) is 0 Å². The van der Waals surface area contributed by atoms with Crippen molar-refractivity contribution in [2.75, 3.05) is 19.7 Å². The van der Waals surface area contributed by atoms with Gasteiger partial charge in [0.05, 0.1) is 16.2 Å². The number of aromatic amines is 1. The Morgan fingerprint density at radius 1 is 1.11 bits per heavy atom. The van der Waals surface area contributed by atoms with Gasteiger partial charge >= 0.3 is 5.97 Å². The van der Waals surface area contributed by atoms with E-state index < -0.39 is 16.0 Å². The van der Waals surface area contributed by atoms with Gasteiger partial charge in [-0.1, -0.05) is 13.8 Å². The number of carbonyl (C=O) groups is 2. The number of ketones is 1. The van der Waals surface area contributed by atoms with Crippen LogP contribution in [-0.2, 0) is 14.8 Å². The summed E-state index contributed by atoms with van der Waals surface area (Å²) < 4.78 is 32.3. The van der Waals surface area contributed by atoms with Crippen molar-refractivity contribution in [1.29, 1.82) is 0 Å². The smallest absolute Gasteiger partial charge is 0.338 e. The lowest BCUT2D eigenvalue weighted by molar-refractivity contribution is 0.0473. The minimum atomic E-state index is -3.60. The van der Waals surface area contributed by atoms with Crippen LogP contribution in [0.2, 0.25) is 0 Å². The molecule has 28 heavy (non-hydrogen) atoms. The number of ether oxygens (including phenoxy) is 1. The van der Waals surface area contributed by atoms with Gasteiger partial charge in [0.2, 0.25) is 15.8 Å². The van der Waals surface area contributed by atoms with Gasteiger partial charge in [0.15, 0.2) is 6.61 Å². The van der Waals surface area contributed by atoms with Gasteiger partial charge in [-0.05, 0) is 54.7 Å². The molecule has 2 atom stereocenters. The second kappa shape index (κ2) is 8.28. The molecule has 0 amide bonds. The number of esters is 1. The first-order chi connectivity index (χ1) is 13.3. The van der Waals surface area contributed by atoms with Crippen LogP contribution in [0.4, 0.5) is 0 Å². The Hall–Kier alpha value is -2.45. The molecule has 0 spiro atoms. The molecular formula is C20H24N2O5S. The number of rotatable bonds is 6. The van der Waals surface area contributed by atoms with Gasteiger partial charge in [0, 0.05) is 19.3 Å². The van der Waals surface area contributed by atoms with Crippen LogP contribution in [0.15, 0.2) is 47.5 Å². The first kappa shape index (κ1) is 20.3. The maximum Gasteiger partial charge on any atom is 0.338 e. The van der Waals surface area contributed by atoms with Gasteiger partial charge in [-0.25, -0.2) is 13.2 Å². The Labute approximate surface area is 164 Å². The van der Waals surface area contributed by atoms with Gasteiger partial charge in [0.25, 0.3) is 0 Å². The molecule has 8 heteroatoms. The van der Waals surface area contributed by atoms with Crippen molar-refractivity contribution in [3.05, 3.63) is 53.9 Å². The zero-order valence-electron chi connectivity index (χ0n) is 15.9. The molecule has 1 saturated heterocycles. The highest BCUT2D eigenvalue weighted by atomic mass is 32.2. The predicted molar refractivity (Wildman–Crippen MR) is 104 cm³/mol. The molecule has 1 aliphatic heterocycles. The number of carbonyl (C=O) groups excluding carboxylic acids is 2. The summed E-state index contributed by atoms with van der Waals surface area (Å²) in [5.74, 6) is -0.398. The van der Waals surface area contributed by atoms with E-state index in [0.29, 0.717) is 30.6 Å². The van der Waals surface area contributed by atoms with Crippen LogP contribution in [0.25, 0.3) is 0 Å². The summed E-state index contributed by atoms with van der Waals surface area (Å²) in [6.45, 7) is 4.70. The van der Waals surface area contributed by atoms with E-state index in [1.165, 1.54) is 28.6 Å². The second-order valence-electron chi connectivity index (χ2n) is 7.38. The van der Waals surface area contributed by atoms with E-state index in [9.17, 15) is 18.0 Å². The van der Waals surface area contributed by atoms with Crippen molar-refractivity contribution >= 4 is 21.8 Å². The summed E-state index contributed by atoms with van der Waals surface area (Å²) in [4.78, 5) is 26.9. The maximum absolute atomic E-state index is 12.9. The van der Waals surface area contributed by atoms with E-state index in [1.54, 1.807) is 18.3 Å². The number of nitrogens with one attached hydrogen (secondary N) is 1. The van der Waals surface area contributed by atoms with Crippen molar-refractivity contribution in [3.63, 3.8) is 0 Å². The number of aromatic nitrogens is 1. The van der Waals surface area contributed by atoms with E-state index in [0.717, 1.165) is 6.42 Å². The number of nitrogens with zero attached hydrogens (tertiary/aromatic N) is 1. The van der Waals surface area contributed by atoms with Crippen molar-refractivity contribution in [2.45, 2.75) is 25.2 Å². The molecule has 3 rings (SSSR count). The topological polar surface area (TPSA) is 96.5 Å². The van der Waals surface area contributed by atoms with Crippen LogP contribution in [-0.4, -0.2) is 49.2 Å². The SMILES string of the molecule is C[C@@H]1C[C@H](C)CN(S(=O)(=O)c2ccc(C(=O)OCC(=O)c3ccc[nH]3)cc2)C1. The zero-order chi connectivity index (χ0) is 20.3. The van der Waals surface area contributed by atoms with Crippen LogP contribution < -0.4 is 0 Å². The standard InChI is InChI=1S/C20H24N2O5S/c1-14-10-15(2)12-22(11-14)28(25,26)17-7-5-16(6-8-17)20(24)27-13-19(23)18-4-3-9-21-18/h3-9,14-15,21H,10-13H2,1-2H3/t14-,15+. The molecule has 1 N–H and O–H groups in total. The Bertz CT molecular complexity index is 925. The molecule has 1 aliphatic rings. The van der Waals surface area contributed by atoms with Crippen LogP contribution >= 0.6 is 0 Å². The lowest BCUT2D eigenvalue weighted by Gasteiger charge is -2.34. The van der Waals surface area contributed by atoms with Gasteiger partial charge in [-0.2, -0.15) is 4.31 Å². The van der Waals surface area contributed by atoms with Gasteiger partial charge in [0.1, 0.15) is 0 Å². The second-order valence-corrected chi connectivity index (χ2v) is 9.31. The van der Waals surface area contributed by atoms with Crippen molar-refractivity contribution < 1.29 is 22.7 Å². The summed E-state index contributed by atoms with van der Waals surface area (Å²) in [7, 11) is -3.60. The zero-order valence-corrected chi connectivity index (χ0v) is 16.7. The molecule has 0 aliphatic carbocycles. The average molecular weight is 404 g/mol. The third-order valence-electron chi connectivity index (χ3n) is 4.80. The largest absolute Gasteiger partial charge is 0.454 e. The summed E-state index contributed by atoms with van der Waals surface area (Å²) in [5, 5.41) is 0. The fourth-order valence-electron chi connectivity index (χ4n) is 3.51. The van der Waals surface area contributed by atoms with Crippen LogP contribution in [0, 0.1) is 11.8 Å². The predicted octanol–water partition coefficient (Wildman–Crippen LogP) is 2.72. The molecule has 1 aromatic heterocycles. The van der Waals surface area contributed by atoms with E-state index in [-0.39, 0.29) is 22.8 Å². The number of benzene rings is 1. The molecule has 150 valence electrons. The Morgan fingerprint density at radius 2 is 1.75 bits per heavy atom. The minimum absolute atomic E-state index is 0.146. The number of Topliss-reactive ketones (excluding diaryl/α,β-unsaturated/α-hetero) is 1. The summed E-state index contributed by atoms with van der Waals surface area (Å²) in [6, 6.07) is 8.90.